The summed E-state index contributed by atoms with van der Waals surface area (Å²) in [7, 11) is 1.38. The maximum atomic E-state index is 12.4. The Morgan fingerprint density at radius 3 is 2.48 bits per heavy atom. The van der Waals surface area contributed by atoms with Gasteiger partial charge in [-0.05, 0) is 25.3 Å². The highest BCUT2D eigenvalue weighted by Crippen LogP contribution is 2.27. The van der Waals surface area contributed by atoms with E-state index >= 15 is 0 Å². The molecule has 1 saturated heterocycles. The lowest BCUT2D eigenvalue weighted by Crippen LogP contribution is -2.31. The minimum Gasteiger partial charge on any atom is -0.481 e. The topological polar surface area (TPSA) is 51.7 Å². The van der Waals surface area contributed by atoms with Crippen molar-refractivity contribution < 1.29 is 23.0 Å². The van der Waals surface area contributed by atoms with E-state index in [4.69, 9.17) is 4.74 Å². The third-order valence-corrected chi connectivity index (χ3v) is 3.51. The average molecular weight is 300 g/mol. The zero-order valence-corrected chi connectivity index (χ0v) is 12.0. The van der Waals surface area contributed by atoms with Gasteiger partial charge in [-0.25, -0.2) is 0 Å². The number of carbonyl (C=O) groups excluding carboxylic acids is 1. The van der Waals surface area contributed by atoms with Gasteiger partial charge in [-0.1, -0.05) is 0 Å². The van der Waals surface area contributed by atoms with Crippen molar-refractivity contribution in [2.45, 2.75) is 32.3 Å². The van der Waals surface area contributed by atoms with E-state index < -0.39 is 12.5 Å². The van der Waals surface area contributed by atoms with Gasteiger partial charge in [-0.2, -0.15) is 13.8 Å². The van der Waals surface area contributed by atoms with Crippen molar-refractivity contribution in [1.82, 2.24) is 9.88 Å². The van der Waals surface area contributed by atoms with Gasteiger partial charge in [-0.3, -0.25) is 4.79 Å². The monoisotopic (exact) mass is 300 g/mol. The number of rotatable bonds is 5. The summed E-state index contributed by atoms with van der Waals surface area (Å²) in [5.41, 5.74) is 0.550. The van der Waals surface area contributed by atoms with Crippen LogP contribution in [0.15, 0.2) is 12.1 Å². The van der Waals surface area contributed by atoms with Crippen molar-refractivity contribution in [2.75, 3.05) is 20.2 Å². The Morgan fingerprint density at radius 1 is 1.29 bits per heavy atom. The molecule has 0 bridgehead atoms. The lowest BCUT2D eigenvalue weighted by atomic mass is 10.0. The Hall–Kier alpha value is -1.92. The lowest BCUT2D eigenvalue weighted by molar-refractivity contribution is -0.131. The van der Waals surface area contributed by atoms with Gasteiger partial charge in [0, 0.05) is 25.2 Å². The van der Waals surface area contributed by atoms with Gasteiger partial charge in [-0.15, -0.1) is 0 Å². The van der Waals surface area contributed by atoms with E-state index in [0.29, 0.717) is 5.56 Å². The highest BCUT2D eigenvalue weighted by Gasteiger charge is 2.25. The third-order valence-electron chi connectivity index (χ3n) is 3.51. The molecule has 1 amide bonds. The van der Waals surface area contributed by atoms with Crippen molar-refractivity contribution >= 4 is 5.91 Å². The minimum atomic E-state index is -2.97. The zero-order chi connectivity index (χ0) is 15.4. The maximum Gasteiger partial charge on any atom is 0.388 e. The number of ether oxygens (including phenoxy) is 2. The molecule has 0 saturated carbocycles. The normalized spacial score (nSPS) is 16.1. The number of likely N-dealkylation sites (tertiary alicyclic amines) is 1. The molecular weight excluding hydrogens is 282 g/mol. The van der Waals surface area contributed by atoms with Crippen LogP contribution in [0.4, 0.5) is 8.78 Å². The molecule has 2 rings (SSSR count). The number of aromatic nitrogens is 1. The van der Waals surface area contributed by atoms with E-state index in [1.165, 1.54) is 13.2 Å². The molecular formula is C14H18F2N2O3. The number of hydrogen-bond donors (Lipinski definition) is 0. The van der Waals surface area contributed by atoms with Crippen molar-refractivity contribution in [1.29, 1.82) is 0 Å². The standard InChI is InChI=1S/C14H18F2N2O3/c1-9(13(19)18-5-3-4-6-18)10-7-11(20-2)17-12(8-10)21-14(15)16/h7-9,14H,3-6H2,1-2H3/t9-/m1/s1. The molecule has 7 heteroatoms. The number of nitrogens with zero attached hydrogens (tertiary/aromatic N) is 2. The molecule has 1 aromatic heterocycles. The van der Waals surface area contributed by atoms with Crippen LogP contribution in [0.5, 0.6) is 11.8 Å². The third kappa shape index (κ3) is 3.80. The Labute approximate surface area is 121 Å². The number of pyridine rings is 1. The summed E-state index contributed by atoms with van der Waals surface area (Å²) in [6.07, 6.45) is 2.00. The molecule has 1 aromatic rings. The SMILES string of the molecule is COc1cc([C@@H](C)C(=O)N2CCCC2)cc(OC(F)F)n1. The molecule has 5 nitrogen and oxygen atoms in total. The van der Waals surface area contributed by atoms with E-state index in [1.807, 2.05) is 0 Å². The van der Waals surface area contributed by atoms with Gasteiger partial charge in [0.15, 0.2) is 0 Å². The van der Waals surface area contributed by atoms with Gasteiger partial charge < -0.3 is 14.4 Å². The fourth-order valence-corrected chi connectivity index (χ4v) is 2.36. The van der Waals surface area contributed by atoms with Gasteiger partial charge >= 0.3 is 6.61 Å². The van der Waals surface area contributed by atoms with Crippen LogP contribution in [0.3, 0.4) is 0 Å². The van der Waals surface area contributed by atoms with Crippen LogP contribution >= 0.6 is 0 Å². The van der Waals surface area contributed by atoms with Crippen molar-refractivity contribution in [3.05, 3.63) is 17.7 Å². The molecule has 1 fully saturated rings. The van der Waals surface area contributed by atoms with Gasteiger partial charge in [0.05, 0.1) is 13.0 Å². The molecule has 0 unspecified atom stereocenters. The number of alkyl halides is 2. The molecule has 0 spiro atoms. The molecule has 1 atom stereocenters. The van der Waals surface area contributed by atoms with Crippen LogP contribution in [0.1, 0.15) is 31.2 Å². The molecule has 21 heavy (non-hydrogen) atoms. The first-order valence-electron chi connectivity index (χ1n) is 6.81. The van der Waals surface area contributed by atoms with Crippen LogP contribution in [-0.2, 0) is 4.79 Å². The Balaban J connectivity index is 2.22. The van der Waals surface area contributed by atoms with Crippen LogP contribution in [0, 0.1) is 0 Å². The van der Waals surface area contributed by atoms with E-state index in [-0.39, 0.29) is 17.7 Å². The van der Waals surface area contributed by atoms with E-state index in [1.54, 1.807) is 17.9 Å². The first-order valence-corrected chi connectivity index (χ1v) is 6.81. The highest BCUT2D eigenvalue weighted by molar-refractivity contribution is 5.83. The summed E-state index contributed by atoms with van der Waals surface area (Å²) in [5, 5.41) is 0. The second-order valence-corrected chi connectivity index (χ2v) is 4.91. The molecule has 0 radical (unpaired) electrons. The summed E-state index contributed by atoms with van der Waals surface area (Å²) in [4.78, 5) is 17.9. The zero-order valence-electron chi connectivity index (χ0n) is 12.0. The molecule has 116 valence electrons. The van der Waals surface area contributed by atoms with Crippen LogP contribution < -0.4 is 9.47 Å². The van der Waals surface area contributed by atoms with Crippen molar-refractivity contribution in [3.8, 4) is 11.8 Å². The van der Waals surface area contributed by atoms with E-state index in [9.17, 15) is 13.6 Å². The average Bonchev–Trinajstić information content (AvgIpc) is 2.98. The molecule has 2 heterocycles. The fourth-order valence-electron chi connectivity index (χ4n) is 2.36. The van der Waals surface area contributed by atoms with E-state index in [0.717, 1.165) is 25.9 Å². The number of amides is 1. The minimum absolute atomic E-state index is 0.0243. The summed E-state index contributed by atoms with van der Waals surface area (Å²) >= 11 is 0. The summed E-state index contributed by atoms with van der Waals surface area (Å²) in [6.45, 7) is 0.251. The predicted molar refractivity (Wildman–Crippen MR) is 71.7 cm³/mol. The smallest absolute Gasteiger partial charge is 0.388 e. The summed E-state index contributed by atoms with van der Waals surface area (Å²) in [6, 6.07) is 2.92. The maximum absolute atomic E-state index is 12.4. The molecule has 1 aliphatic rings. The quantitative estimate of drug-likeness (QED) is 0.838. The van der Waals surface area contributed by atoms with Crippen LogP contribution in [-0.4, -0.2) is 42.6 Å². The second-order valence-electron chi connectivity index (χ2n) is 4.91. The first-order chi connectivity index (χ1) is 10.0. The van der Waals surface area contributed by atoms with Gasteiger partial charge in [0.25, 0.3) is 0 Å². The number of hydrogen-bond acceptors (Lipinski definition) is 4. The molecule has 0 N–H and O–H groups in total. The van der Waals surface area contributed by atoms with Crippen LogP contribution in [0.25, 0.3) is 0 Å². The van der Waals surface area contributed by atoms with Gasteiger partial charge in [0.1, 0.15) is 0 Å². The van der Waals surface area contributed by atoms with Crippen molar-refractivity contribution in [3.63, 3.8) is 0 Å². The Kier molecular flexibility index (Phi) is 4.93. The first kappa shape index (κ1) is 15.5. The number of methoxy groups -OCH3 is 1. The largest absolute Gasteiger partial charge is 0.481 e. The fraction of sp³-hybridized carbons (Fsp3) is 0.571. The van der Waals surface area contributed by atoms with E-state index in [2.05, 4.69) is 9.72 Å². The number of halogens is 2. The number of carbonyl (C=O) groups is 1. The molecule has 0 aliphatic carbocycles. The molecule has 0 aromatic carbocycles. The van der Waals surface area contributed by atoms with Crippen LogP contribution in [0.2, 0.25) is 0 Å². The summed E-state index contributed by atoms with van der Waals surface area (Å²) < 4.78 is 33.9. The summed E-state index contributed by atoms with van der Waals surface area (Å²) in [5.74, 6) is -0.589. The molecule has 1 aliphatic heterocycles. The Bertz CT molecular complexity index is 505. The second kappa shape index (κ2) is 6.69. The lowest BCUT2D eigenvalue weighted by Gasteiger charge is -2.21. The Morgan fingerprint density at radius 2 is 1.90 bits per heavy atom. The van der Waals surface area contributed by atoms with Gasteiger partial charge in [0.2, 0.25) is 17.7 Å². The van der Waals surface area contributed by atoms with Crippen molar-refractivity contribution in [2.24, 2.45) is 0 Å². The predicted octanol–water partition coefficient (Wildman–Crippen LogP) is 2.42. The highest BCUT2D eigenvalue weighted by atomic mass is 19.3.